The largest absolute Gasteiger partial charge is 0.361 e. The lowest BCUT2D eigenvalue weighted by atomic mass is 10.0. The molecule has 1 atom stereocenters. The van der Waals surface area contributed by atoms with Gasteiger partial charge in [0.1, 0.15) is 5.72 Å². The zero-order chi connectivity index (χ0) is 11.0. The SMILES string of the molecule is CCCC(N)(CCC)OCCC(C)[O]. The molecule has 14 heavy (non-hydrogen) atoms. The predicted octanol–water partition coefficient (Wildman–Crippen LogP) is 2.47. The van der Waals surface area contributed by atoms with Crippen LogP contribution in [0.1, 0.15) is 52.9 Å². The second-order valence-corrected chi connectivity index (χ2v) is 4.01. The van der Waals surface area contributed by atoms with E-state index in [9.17, 15) is 5.11 Å². The van der Waals surface area contributed by atoms with Gasteiger partial charge in [0.2, 0.25) is 0 Å². The molecule has 0 saturated carbocycles. The van der Waals surface area contributed by atoms with Gasteiger partial charge in [-0.25, -0.2) is 5.11 Å². The van der Waals surface area contributed by atoms with Gasteiger partial charge in [0, 0.05) is 0 Å². The molecule has 1 unspecified atom stereocenters. The van der Waals surface area contributed by atoms with Crippen LogP contribution in [-0.2, 0) is 9.84 Å². The molecule has 1 radical (unpaired) electrons. The molecular formula is C11H24NO2. The minimum atomic E-state index is -0.553. The molecule has 0 aromatic rings. The van der Waals surface area contributed by atoms with Crippen molar-refractivity contribution in [3.63, 3.8) is 0 Å². The van der Waals surface area contributed by atoms with E-state index in [2.05, 4.69) is 13.8 Å². The van der Waals surface area contributed by atoms with Crippen LogP contribution in [-0.4, -0.2) is 18.4 Å². The van der Waals surface area contributed by atoms with Crippen molar-refractivity contribution in [1.82, 2.24) is 0 Å². The molecule has 0 aromatic carbocycles. The zero-order valence-electron chi connectivity index (χ0n) is 9.71. The van der Waals surface area contributed by atoms with Gasteiger partial charge in [-0.3, -0.25) is 0 Å². The van der Waals surface area contributed by atoms with Gasteiger partial charge in [0.15, 0.2) is 0 Å². The molecule has 0 aliphatic heterocycles. The fourth-order valence-corrected chi connectivity index (χ4v) is 1.54. The van der Waals surface area contributed by atoms with Crippen LogP contribution >= 0.6 is 0 Å². The summed E-state index contributed by atoms with van der Waals surface area (Å²) in [6.45, 7) is 6.33. The Morgan fingerprint density at radius 2 is 1.79 bits per heavy atom. The highest BCUT2D eigenvalue weighted by Gasteiger charge is 2.23. The molecule has 0 aliphatic rings. The quantitative estimate of drug-likeness (QED) is 0.615. The molecule has 2 N–H and O–H groups in total. The highest BCUT2D eigenvalue weighted by atomic mass is 16.5. The summed E-state index contributed by atoms with van der Waals surface area (Å²) in [5, 5.41) is 10.8. The molecule has 0 spiro atoms. The summed E-state index contributed by atoms with van der Waals surface area (Å²) in [7, 11) is 0. The van der Waals surface area contributed by atoms with Crippen LogP contribution in [0.2, 0.25) is 0 Å². The molecule has 3 heteroatoms. The third-order valence-corrected chi connectivity index (χ3v) is 2.26. The lowest BCUT2D eigenvalue weighted by molar-refractivity contribution is -0.0671. The molecule has 0 saturated heterocycles. The number of rotatable bonds is 8. The maximum absolute atomic E-state index is 10.8. The van der Waals surface area contributed by atoms with Gasteiger partial charge in [-0.1, -0.05) is 26.7 Å². The van der Waals surface area contributed by atoms with Gasteiger partial charge in [-0.15, -0.1) is 0 Å². The molecule has 0 fully saturated rings. The minimum absolute atomic E-state index is 0.487. The van der Waals surface area contributed by atoms with Crippen LogP contribution < -0.4 is 5.73 Å². The summed E-state index contributed by atoms with van der Waals surface area (Å²) in [5.41, 5.74) is 5.58. The van der Waals surface area contributed by atoms with E-state index in [-0.39, 0.29) is 0 Å². The first-order valence-corrected chi connectivity index (χ1v) is 5.62. The maximum atomic E-state index is 10.8. The van der Waals surface area contributed by atoms with Gasteiger partial charge in [0.25, 0.3) is 0 Å². The Kier molecular flexibility index (Phi) is 7.15. The average Bonchev–Trinajstić information content (AvgIpc) is 2.03. The third-order valence-electron chi connectivity index (χ3n) is 2.26. The Balaban J connectivity index is 3.83. The van der Waals surface area contributed by atoms with E-state index in [0.29, 0.717) is 13.0 Å². The van der Waals surface area contributed by atoms with Gasteiger partial charge < -0.3 is 10.5 Å². The van der Waals surface area contributed by atoms with Gasteiger partial charge in [-0.2, -0.15) is 0 Å². The smallest absolute Gasteiger partial charge is 0.116 e. The van der Waals surface area contributed by atoms with Crippen molar-refractivity contribution in [3.8, 4) is 0 Å². The summed E-state index contributed by atoms with van der Waals surface area (Å²) >= 11 is 0. The van der Waals surface area contributed by atoms with Crippen molar-refractivity contribution in [3.05, 3.63) is 0 Å². The van der Waals surface area contributed by atoms with E-state index < -0.39 is 11.8 Å². The van der Waals surface area contributed by atoms with Crippen molar-refractivity contribution in [2.24, 2.45) is 5.73 Å². The second kappa shape index (κ2) is 7.21. The first-order valence-electron chi connectivity index (χ1n) is 5.62. The van der Waals surface area contributed by atoms with E-state index in [1.54, 1.807) is 6.92 Å². The third kappa shape index (κ3) is 6.35. The Morgan fingerprint density at radius 1 is 1.29 bits per heavy atom. The summed E-state index contributed by atoms with van der Waals surface area (Å²) in [4.78, 5) is 0. The van der Waals surface area contributed by atoms with Crippen LogP contribution in [0.4, 0.5) is 0 Å². The Labute approximate surface area is 87.6 Å². The van der Waals surface area contributed by atoms with E-state index in [4.69, 9.17) is 10.5 Å². The van der Waals surface area contributed by atoms with Crippen LogP contribution in [0.25, 0.3) is 0 Å². The molecule has 0 aromatic heterocycles. The average molecular weight is 202 g/mol. The number of hydrogen-bond acceptors (Lipinski definition) is 2. The number of ether oxygens (including phenoxy) is 1. The van der Waals surface area contributed by atoms with E-state index >= 15 is 0 Å². The van der Waals surface area contributed by atoms with Gasteiger partial charge >= 0.3 is 0 Å². The predicted molar refractivity (Wildman–Crippen MR) is 57.5 cm³/mol. The van der Waals surface area contributed by atoms with Crippen LogP contribution in [0.3, 0.4) is 0 Å². The monoisotopic (exact) mass is 202 g/mol. The van der Waals surface area contributed by atoms with E-state index in [1.807, 2.05) is 0 Å². The normalized spacial score (nSPS) is 14.4. The van der Waals surface area contributed by atoms with Gasteiger partial charge in [0.05, 0.1) is 12.7 Å². The lowest BCUT2D eigenvalue weighted by Gasteiger charge is -2.29. The van der Waals surface area contributed by atoms with Crippen molar-refractivity contribution < 1.29 is 9.84 Å². The maximum Gasteiger partial charge on any atom is 0.116 e. The first-order chi connectivity index (χ1) is 6.54. The van der Waals surface area contributed by atoms with Crippen molar-refractivity contribution in [1.29, 1.82) is 0 Å². The minimum Gasteiger partial charge on any atom is -0.361 e. The van der Waals surface area contributed by atoms with E-state index in [1.165, 1.54) is 0 Å². The highest BCUT2D eigenvalue weighted by molar-refractivity contribution is 4.72. The van der Waals surface area contributed by atoms with Crippen molar-refractivity contribution in [2.45, 2.75) is 64.7 Å². The molecule has 0 aliphatic carbocycles. The fraction of sp³-hybridized carbons (Fsp3) is 1.00. The zero-order valence-corrected chi connectivity index (χ0v) is 9.71. The first kappa shape index (κ1) is 13.9. The molecule has 0 amide bonds. The van der Waals surface area contributed by atoms with E-state index in [0.717, 1.165) is 25.7 Å². The van der Waals surface area contributed by atoms with Crippen molar-refractivity contribution >= 4 is 0 Å². The summed E-state index contributed by atoms with van der Waals surface area (Å²) in [5.74, 6) is 0. The van der Waals surface area contributed by atoms with Crippen LogP contribution in [0.5, 0.6) is 0 Å². The topological polar surface area (TPSA) is 55.1 Å². The lowest BCUT2D eigenvalue weighted by Crippen LogP contribution is -2.43. The van der Waals surface area contributed by atoms with Crippen LogP contribution in [0.15, 0.2) is 0 Å². The Hall–Kier alpha value is -0.120. The molecule has 0 heterocycles. The standard InChI is InChI=1S/C11H24NO2/c1-4-7-11(12,8-5-2)14-9-6-10(3)13/h10H,4-9,12H2,1-3H3. The summed E-state index contributed by atoms with van der Waals surface area (Å²) < 4.78 is 5.60. The Morgan fingerprint density at radius 3 is 2.14 bits per heavy atom. The molecule has 0 bridgehead atoms. The second-order valence-electron chi connectivity index (χ2n) is 4.01. The number of hydrogen-bond donors (Lipinski definition) is 1. The molecule has 85 valence electrons. The fourth-order valence-electron chi connectivity index (χ4n) is 1.54. The molecule has 0 rings (SSSR count). The van der Waals surface area contributed by atoms with Crippen molar-refractivity contribution in [2.75, 3.05) is 6.61 Å². The van der Waals surface area contributed by atoms with Gasteiger partial charge in [-0.05, 0) is 26.2 Å². The Bertz CT molecular complexity index is 131. The molecular weight excluding hydrogens is 178 g/mol. The molecule has 3 nitrogen and oxygen atoms in total. The van der Waals surface area contributed by atoms with Crippen LogP contribution in [0, 0.1) is 0 Å². The summed E-state index contributed by atoms with van der Waals surface area (Å²) in [6.07, 6.45) is 3.77. The summed E-state index contributed by atoms with van der Waals surface area (Å²) in [6, 6.07) is 0. The number of nitrogens with two attached hydrogens (primary N) is 1. The highest BCUT2D eigenvalue weighted by Crippen LogP contribution is 2.18.